The van der Waals surface area contributed by atoms with Crippen LogP contribution in [0.5, 0.6) is 0 Å². The van der Waals surface area contributed by atoms with Crippen molar-refractivity contribution in [3.05, 3.63) is 28.0 Å². The molecule has 0 radical (unpaired) electrons. The number of hydroxylamine groups is 1. The Kier molecular flexibility index (Phi) is 3.93. The number of aromatic nitrogens is 2. The molecule has 2 aromatic rings. The smallest absolute Gasteiger partial charge is 0.279 e. The Morgan fingerprint density at radius 1 is 1.53 bits per heavy atom. The Balaban J connectivity index is 2.26. The molecular formula is C11H13N3O5. The Bertz CT molecular complexity index is 645. The SMILES string of the molecule is COCCONC(=O)c1c(C)oc2nc[nH]c(=O)c12. The second-order valence-corrected chi connectivity index (χ2v) is 3.72. The molecule has 0 aliphatic rings. The van der Waals surface area contributed by atoms with Gasteiger partial charge in [-0.3, -0.25) is 14.4 Å². The third kappa shape index (κ3) is 2.64. The van der Waals surface area contributed by atoms with Crippen molar-refractivity contribution in [2.24, 2.45) is 0 Å². The van der Waals surface area contributed by atoms with Gasteiger partial charge in [0.05, 0.1) is 25.1 Å². The van der Waals surface area contributed by atoms with Crippen LogP contribution in [0.25, 0.3) is 11.1 Å². The second-order valence-electron chi connectivity index (χ2n) is 3.72. The first-order valence-electron chi connectivity index (χ1n) is 5.53. The summed E-state index contributed by atoms with van der Waals surface area (Å²) < 4.78 is 10.0. The zero-order chi connectivity index (χ0) is 13.8. The summed E-state index contributed by atoms with van der Waals surface area (Å²) >= 11 is 0. The number of rotatable bonds is 5. The molecule has 102 valence electrons. The number of fused-ring (bicyclic) bond motifs is 1. The summed E-state index contributed by atoms with van der Waals surface area (Å²) in [7, 11) is 1.52. The molecular weight excluding hydrogens is 254 g/mol. The van der Waals surface area contributed by atoms with Crippen LogP contribution in [-0.4, -0.2) is 36.2 Å². The van der Waals surface area contributed by atoms with Gasteiger partial charge in [0.25, 0.3) is 11.5 Å². The number of aryl methyl sites for hydroxylation is 1. The highest BCUT2D eigenvalue weighted by molar-refractivity contribution is 6.05. The number of hydrogen-bond acceptors (Lipinski definition) is 6. The fourth-order valence-corrected chi connectivity index (χ4v) is 1.62. The highest BCUT2D eigenvalue weighted by atomic mass is 16.7. The van der Waals surface area contributed by atoms with E-state index in [9.17, 15) is 9.59 Å². The fourth-order valence-electron chi connectivity index (χ4n) is 1.62. The largest absolute Gasteiger partial charge is 0.442 e. The number of furan rings is 1. The number of H-pyrrole nitrogens is 1. The van der Waals surface area contributed by atoms with Gasteiger partial charge in [-0.15, -0.1) is 0 Å². The number of carbonyl (C=O) groups excluding carboxylic acids is 1. The molecule has 19 heavy (non-hydrogen) atoms. The van der Waals surface area contributed by atoms with Crippen LogP contribution in [-0.2, 0) is 9.57 Å². The molecule has 0 aromatic carbocycles. The lowest BCUT2D eigenvalue weighted by Crippen LogP contribution is -2.26. The van der Waals surface area contributed by atoms with E-state index in [2.05, 4.69) is 15.4 Å². The van der Waals surface area contributed by atoms with Crippen molar-refractivity contribution in [1.82, 2.24) is 15.4 Å². The minimum Gasteiger partial charge on any atom is -0.442 e. The van der Waals surface area contributed by atoms with Crippen LogP contribution in [0, 0.1) is 6.92 Å². The first-order chi connectivity index (χ1) is 9.15. The fraction of sp³-hybridized carbons (Fsp3) is 0.364. The summed E-state index contributed by atoms with van der Waals surface area (Å²) in [6, 6.07) is 0. The predicted octanol–water partition coefficient (Wildman–Crippen LogP) is 0.132. The summed E-state index contributed by atoms with van der Waals surface area (Å²) in [6.07, 6.45) is 1.21. The maximum absolute atomic E-state index is 11.9. The summed E-state index contributed by atoms with van der Waals surface area (Å²) in [5.41, 5.74) is 2.01. The average Bonchev–Trinajstić information content (AvgIpc) is 2.72. The van der Waals surface area contributed by atoms with Crippen molar-refractivity contribution in [3.63, 3.8) is 0 Å². The van der Waals surface area contributed by atoms with Gasteiger partial charge in [0.15, 0.2) is 0 Å². The minimum absolute atomic E-state index is 0.104. The Hall–Kier alpha value is -2.19. The van der Waals surface area contributed by atoms with Crippen molar-refractivity contribution in [1.29, 1.82) is 0 Å². The maximum Gasteiger partial charge on any atom is 0.279 e. The van der Waals surface area contributed by atoms with Gasteiger partial charge in [-0.05, 0) is 6.92 Å². The molecule has 8 heteroatoms. The zero-order valence-electron chi connectivity index (χ0n) is 10.5. The van der Waals surface area contributed by atoms with Crippen molar-refractivity contribution in [2.45, 2.75) is 6.92 Å². The Morgan fingerprint density at radius 3 is 3.05 bits per heavy atom. The first-order valence-corrected chi connectivity index (χ1v) is 5.53. The van der Waals surface area contributed by atoms with Crippen molar-refractivity contribution < 1.29 is 18.8 Å². The zero-order valence-corrected chi connectivity index (χ0v) is 10.5. The molecule has 1 amide bonds. The van der Waals surface area contributed by atoms with Gasteiger partial charge < -0.3 is 14.1 Å². The summed E-state index contributed by atoms with van der Waals surface area (Å²) in [5, 5.41) is 0.104. The van der Waals surface area contributed by atoms with E-state index in [0.29, 0.717) is 12.4 Å². The molecule has 8 nitrogen and oxygen atoms in total. The van der Waals surface area contributed by atoms with Crippen molar-refractivity contribution in [2.75, 3.05) is 20.3 Å². The minimum atomic E-state index is -0.564. The molecule has 2 rings (SSSR count). The summed E-state index contributed by atoms with van der Waals surface area (Å²) in [4.78, 5) is 34.8. The van der Waals surface area contributed by atoms with Crippen LogP contribution in [0.2, 0.25) is 0 Å². The predicted molar refractivity (Wildman–Crippen MR) is 64.7 cm³/mol. The highest BCUT2D eigenvalue weighted by Crippen LogP contribution is 2.19. The average molecular weight is 267 g/mol. The Labute approximate surface area is 107 Å². The first kappa shape index (κ1) is 13.2. The van der Waals surface area contributed by atoms with Crippen molar-refractivity contribution in [3.8, 4) is 0 Å². The van der Waals surface area contributed by atoms with Gasteiger partial charge in [0.2, 0.25) is 5.71 Å². The molecule has 0 unspecified atom stereocenters. The Morgan fingerprint density at radius 2 is 2.32 bits per heavy atom. The van der Waals surface area contributed by atoms with E-state index < -0.39 is 11.5 Å². The topological polar surface area (TPSA) is 106 Å². The number of amides is 1. The second kappa shape index (κ2) is 5.63. The number of ether oxygens (including phenoxy) is 1. The molecule has 2 heterocycles. The molecule has 0 saturated heterocycles. The lowest BCUT2D eigenvalue weighted by atomic mass is 10.2. The maximum atomic E-state index is 11.9. The van der Waals surface area contributed by atoms with Gasteiger partial charge in [-0.25, -0.2) is 10.5 Å². The number of aromatic amines is 1. The summed E-state index contributed by atoms with van der Waals surface area (Å²) in [5.74, 6) is -0.266. The number of hydrogen-bond donors (Lipinski definition) is 2. The molecule has 0 aliphatic carbocycles. The molecule has 0 fully saturated rings. The van der Waals surface area contributed by atoms with E-state index in [0.717, 1.165) is 0 Å². The van der Waals surface area contributed by atoms with Crippen LogP contribution in [0.3, 0.4) is 0 Å². The molecule has 2 aromatic heterocycles. The van der Waals surface area contributed by atoms with E-state index >= 15 is 0 Å². The number of nitrogens with one attached hydrogen (secondary N) is 2. The van der Waals surface area contributed by atoms with Crippen LogP contribution >= 0.6 is 0 Å². The quantitative estimate of drug-likeness (QED) is 0.589. The van der Waals surface area contributed by atoms with Crippen LogP contribution in [0.4, 0.5) is 0 Å². The summed E-state index contributed by atoms with van der Waals surface area (Å²) in [6.45, 7) is 2.12. The van der Waals surface area contributed by atoms with E-state index in [1.165, 1.54) is 13.4 Å². The van der Waals surface area contributed by atoms with E-state index in [-0.39, 0.29) is 23.3 Å². The van der Waals surface area contributed by atoms with Crippen molar-refractivity contribution >= 4 is 17.0 Å². The lowest BCUT2D eigenvalue weighted by Gasteiger charge is -2.04. The standard InChI is InChI=1S/C11H13N3O5/c1-6-7(10(16)14-18-4-3-17-2)8-9(15)12-5-13-11(8)19-6/h5H,3-4H2,1-2H3,(H,14,16)(H,12,13,15). The lowest BCUT2D eigenvalue weighted by molar-refractivity contribution is 0.00889. The molecule has 0 atom stereocenters. The normalized spacial score (nSPS) is 10.8. The number of methoxy groups -OCH3 is 1. The van der Waals surface area contributed by atoms with Gasteiger partial charge in [0, 0.05) is 7.11 Å². The highest BCUT2D eigenvalue weighted by Gasteiger charge is 2.21. The molecule has 0 aliphatic heterocycles. The van der Waals surface area contributed by atoms with Crippen LogP contribution in [0.15, 0.2) is 15.5 Å². The molecule has 0 saturated carbocycles. The monoisotopic (exact) mass is 267 g/mol. The van der Waals surface area contributed by atoms with Gasteiger partial charge in [-0.2, -0.15) is 0 Å². The van der Waals surface area contributed by atoms with Crippen LogP contribution < -0.4 is 11.0 Å². The number of nitrogens with zero attached hydrogens (tertiary/aromatic N) is 1. The van der Waals surface area contributed by atoms with Crippen LogP contribution in [0.1, 0.15) is 16.1 Å². The third-order valence-electron chi connectivity index (χ3n) is 2.45. The molecule has 0 bridgehead atoms. The van der Waals surface area contributed by atoms with Gasteiger partial charge in [0.1, 0.15) is 11.1 Å². The van der Waals surface area contributed by atoms with E-state index in [4.69, 9.17) is 14.0 Å². The van der Waals surface area contributed by atoms with Gasteiger partial charge in [-0.1, -0.05) is 0 Å². The van der Waals surface area contributed by atoms with E-state index in [1.54, 1.807) is 6.92 Å². The molecule has 2 N–H and O–H groups in total. The van der Waals surface area contributed by atoms with Gasteiger partial charge >= 0.3 is 0 Å². The molecule has 0 spiro atoms. The number of carbonyl (C=O) groups is 1. The third-order valence-corrected chi connectivity index (χ3v) is 2.45. The van der Waals surface area contributed by atoms with E-state index in [1.807, 2.05) is 0 Å².